The molecule has 1 N–H and O–H groups in total. The van der Waals surface area contributed by atoms with Crippen LogP contribution in [-0.4, -0.2) is 52.7 Å². The summed E-state index contributed by atoms with van der Waals surface area (Å²) in [5.41, 5.74) is -2.27. The van der Waals surface area contributed by atoms with Crippen molar-refractivity contribution in [2.45, 2.75) is 58.0 Å². The van der Waals surface area contributed by atoms with Crippen LogP contribution in [0.2, 0.25) is 0 Å². The number of hydrogen-bond acceptors (Lipinski definition) is 8. The molecule has 2 aliphatic rings. The molecule has 0 saturated carbocycles. The molecule has 1 aliphatic carbocycles. The summed E-state index contributed by atoms with van der Waals surface area (Å²) >= 11 is 0. The number of aliphatic hydroxyl groups is 1. The van der Waals surface area contributed by atoms with Crippen molar-refractivity contribution in [3.05, 3.63) is 48.6 Å². The maximum atomic E-state index is 12.8. The summed E-state index contributed by atoms with van der Waals surface area (Å²) in [4.78, 5) is 50.0. The molecule has 2 rings (SSSR count). The normalized spacial score (nSPS) is 34.2. The first kappa shape index (κ1) is 24.3. The second kappa shape index (κ2) is 9.01. The summed E-state index contributed by atoms with van der Waals surface area (Å²) in [6.45, 7) is 16.6. The number of carbonyl (C=O) groups is 4. The summed E-state index contributed by atoms with van der Waals surface area (Å²) in [5.74, 6) is -4.39. The van der Waals surface area contributed by atoms with E-state index >= 15 is 0 Å². The van der Waals surface area contributed by atoms with Crippen molar-refractivity contribution < 1.29 is 38.5 Å². The van der Waals surface area contributed by atoms with Gasteiger partial charge in [-0.1, -0.05) is 32.7 Å². The molecule has 1 heterocycles. The van der Waals surface area contributed by atoms with Gasteiger partial charge in [-0.25, -0.2) is 14.4 Å². The number of carbonyl (C=O) groups excluding carboxylic acids is 4. The molecule has 6 atom stereocenters. The number of esters is 3. The number of allylic oxidation sites excluding steroid dienone is 1. The quantitative estimate of drug-likeness (QED) is 0.407. The average Bonchev–Trinajstić information content (AvgIpc) is 2.94. The molecular weight excluding hydrogens is 404 g/mol. The first-order valence-corrected chi connectivity index (χ1v) is 9.85. The second-order valence-electron chi connectivity index (χ2n) is 8.34. The van der Waals surface area contributed by atoms with E-state index in [1.807, 2.05) is 0 Å². The van der Waals surface area contributed by atoms with Crippen LogP contribution < -0.4 is 0 Å². The van der Waals surface area contributed by atoms with E-state index in [4.69, 9.17) is 14.2 Å². The zero-order valence-corrected chi connectivity index (χ0v) is 18.2. The lowest BCUT2D eigenvalue weighted by Crippen LogP contribution is -2.58. The molecule has 0 aromatic heterocycles. The fourth-order valence-electron chi connectivity index (χ4n) is 3.52. The van der Waals surface area contributed by atoms with Crippen molar-refractivity contribution in [1.82, 2.24) is 0 Å². The standard InChI is InChI=1S/C23H28O8/c1-11(2)20(25)30-18-17-14(6)22(27)29-15(17)10-13(5)8-9-16(24)23(7,28)19(18)31-21(26)12(3)4/h8-9,13,15,17-19,28H,1,3,6,10H2,2,4-5,7H3/b9-8-/t13-,15+,17-,18-,19+,23+/m0/s1. The molecule has 1 fully saturated rings. The van der Waals surface area contributed by atoms with Gasteiger partial charge >= 0.3 is 17.9 Å². The van der Waals surface area contributed by atoms with E-state index in [0.29, 0.717) is 6.42 Å². The fraction of sp³-hybridized carbons (Fsp3) is 0.478. The van der Waals surface area contributed by atoms with Crippen molar-refractivity contribution in [1.29, 1.82) is 0 Å². The summed E-state index contributed by atoms with van der Waals surface area (Å²) in [6.07, 6.45) is -0.865. The zero-order chi connectivity index (χ0) is 23.7. The Balaban J connectivity index is 2.71. The van der Waals surface area contributed by atoms with Gasteiger partial charge in [0.2, 0.25) is 0 Å². The third kappa shape index (κ3) is 5.02. The monoisotopic (exact) mass is 432 g/mol. The second-order valence-corrected chi connectivity index (χ2v) is 8.34. The van der Waals surface area contributed by atoms with Gasteiger partial charge in [0.1, 0.15) is 6.10 Å². The summed E-state index contributed by atoms with van der Waals surface area (Å²) in [7, 11) is 0. The molecule has 0 aromatic carbocycles. The van der Waals surface area contributed by atoms with Crippen LogP contribution in [0.1, 0.15) is 34.1 Å². The van der Waals surface area contributed by atoms with Crippen molar-refractivity contribution in [3.63, 3.8) is 0 Å². The van der Waals surface area contributed by atoms with Gasteiger partial charge in [0, 0.05) is 16.7 Å². The van der Waals surface area contributed by atoms with Crippen LogP contribution in [0, 0.1) is 11.8 Å². The Labute approximate surface area is 181 Å². The van der Waals surface area contributed by atoms with Crippen LogP contribution in [0.4, 0.5) is 0 Å². The first-order valence-electron chi connectivity index (χ1n) is 9.85. The van der Waals surface area contributed by atoms with Gasteiger partial charge in [-0.3, -0.25) is 4.79 Å². The molecule has 8 nitrogen and oxygen atoms in total. The third-order valence-electron chi connectivity index (χ3n) is 5.38. The van der Waals surface area contributed by atoms with Crippen molar-refractivity contribution >= 4 is 23.7 Å². The minimum Gasteiger partial charge on any atom is -0.458 e. The number of ether oxygens (including phenoxy) is 3. The SMILES string of the molecule is C=C(C)C(=O)O[C@H]1[C@H]2C(=C)C(=O)O[C@@H]2C[C@@H](C)/C=C\C(=O)[C@@](C)(O)[C@@H]1OC(=O)C(=C)C. The maximum Gasteiger partial charge on any atom is 0.334 e. The van der Waals surface area contributed by atoms with Gasteiger partial charge in [-0.2, -0.15) is 0 Å². The molecule has 0 unspecified atom stereocenters. The van der Waals surface area contributed by atoms with Crippen LogP contribution >= 0.6 is 0 Å². The summed E-state index contributed by atoms with van der Waals surface area (Å²) < 4.78 is 16.4. The lowest BCUT2D eigenvalue weighted by atomic mass is 9.77. The summed E-state index contributed by atoms with van der Waals surface area (Å²) in [5, 5.41) is 11.2. The molecular formula is C23H28O8. The van der Waals surface area contributed by atoms with Crippen LogP contribution in [0.15, 0.2) is 48.6 Å². The molecule has 31 heavy (non-hydrogen) atoms. The minimum absolute atomic E-state index is 0.00334. The fourth-order valence-corrected chi connectivity index (χ4v) is 3.52. The van der Waals surface area contributed by atoms with Crippen LogP contribution in [0.3, 0.4) is 0 Å². The smallest absolute Gasteiger partial charge is 0.334 e. The maximum absolute atomic E-state index is 12.8. The molecule has 1 saturated heterocycles. The number of hydrogen-bond donors (Lipinski definition) is 1. The van der Waals surface area contributed by atoms with Gasteiger partial charge in [0.05, 0.1) is 5.92 Å². The Morgan fingerprint density at radius 2 is 1.71 bits per heavy atom. The topological polar surface area (TPSA) is 116 Å². The van der Waals surface area contributed by atoms with E-state index in [-0.39, 0.29) is 22.6 Å². The highest BCUT2D eigenvalue weighted by Crippen LogP contribution is 2.40. The average molecular weight is 432 g/mol. The van der Waals surface area contributed by atoms with E-state index in [0.717, 1.165) is 6.92 Å². The zero-order valence-electron chi connectivity index (χ0n) is 18.2. The van der Waals surface area contributed by atoms with Crippen LogP contribution in [0.25, 0.3) is 0 Å². The Morgan fingerprint density at radius 3 is 2.26 bits per heavy atom. The molecule has 168 valence electrons. The van der Waals surface area contributed by atoms with Gasteiger partial charge in [-0.15, -0.1) is 0 Å². The molecule has 1 aliphatic heterocycles. The Morgan fingerprint density at radius 1 is 1.16 bits per heavy atom. The minimum atomic E-state index is -2.30. The highest BCUT2D eigenvalue weighted by molar-refractivity contribution is 5.98. The molecule has 0 spiro atoms. The lowest BCUT2D eigenvalue weighted by molar-refractivity contribution is -0.193. The van der Waals surface area contributed by atoms with E-state index in [9.17, 15) is 24.3 Å². The Hall–Kier alpha value is -3.00. The van der Waals surface area contributed by atoms with E-state index in [2.05, 4.69) is 19.7 Å². The highest BCUT2D eigenvalue weighted by atomic mass is 16.6. The van der Waals surface area contributed by atoms with Gasteiger partial charge in [0.15, 0.2) is 23.6 Å². The van der Waals surface area contributed by atoms with E-state index in [1.165, 1.54) is 19.9 Å². The number of fused-ring (bicyclic) bond motifs is 1. The van der Waals surface area contributed by atoms with E-state index in [1.54, 1.807) is 13.0 Å². The van der Waals surface area contributed by atoms with Crippen molar-refractivity contribution in [3.8, 4) is 0 Å². The van der Waals surface area contributed by atoms with Crippen LogP contribution in [-0.2, 0) is 33.4 Å². The van der Waals surface area contributed by atoms with Crippen molar-refractivity contribution in [2.24, 2.45) is 11.8 Å². The third-order valence-corrected chi connectivity index (χ3v) is 5.38. The lowest BCUT2D eigenvalue weighted by Gasteiger charge is -2.39. The Kier molecular flexibility index (Phi) is 7.06. The number of rotatable bonds is 4. The van der Waals surface area contributed by atoms with Gasteiger partial charge in [0.25, 0.3) is 0 Å². The van der Waals surface area contributed by atoms with Gasteiger partial charge in [-0.05, 0) is 39.2 Å². The molecule has 0 aromatic rings. The molecule has 0 amide bonds. The number of ketones is 1. The molecule has 8 heteroatoms. The predicted octanol–water partition coefficient (Wildman–Crippen LogP) is 1.98. The highest BCUT2D eigenvalue weighted by Gasteiger charge is 2.56. The van der Waals surface area contributed by atoms with E-state index < -0.39 is 53.5 Å². The molecule has 0 radical (unpaired) electrons. The van der Waals surface area contributed by atoms with Crippen LogP contribution in [0.5, 0.6) is 0 Å². The van der Waals surface area contributed by atoms with Gasteiger partial charge < -0.3 is 19.3 Å². The molecule has 0 bridgehead atoms. The first-order chi connectivity index (χ1) is 14.3. The summed E-state index contributed by atoms with van der Waals surface area (Å²) in [6, 6.07) is 0. The van der Waals surface area contributed by atoms with Crippen molar-refractivity contribution in [2.75, 3.05) is 0 Å². The predicted molar refractivity (Wildman–Crippen MR) is 110 cm³/mol. The largest absolute Gasteiger partial charge is 0.458 e. The Bertz CT molecular complexity index is 878.